The average molecular weight is 398 g/mol. The van der Waals surface area contributed by atoms with Crippen LogP contribution in [0.25, 0.3) is 10.2 Å². The van der Waals surface area contributed by atoms with Crippen LogP contribution < -0.4 is 9.64 Å². The lowest BCUT2D eigenvalue weighted by Gasteiger charge is -2.21. The Morgan fingerprint density at radius 2 is 1.93 bits per heavy atom. The third-order valence-corrected chi connectivity index (χ3v) is 5.12. The summed E-state index contributed by atoms with van der Waals surface area (Å²) in [4.78, 5) is 30.1. The molecular formula is C21H22N2O4S. The van der Waals surface area contributed by atoms with E-state index in [-0.39, 0.29) is 18.9 Å². The topological polar surface area (TPSA) is 68.7 Å². The number of hydrogen-bond donors (Lipinski definition) is 0. The van der Waals surface area contributed by atoms with Crippen molar-refractivity contribution < 1.29 is 19.1 Å². The first kappa shape index (κ1) is 19.8. The average Bonchev–Trinajstić information content (AvgIpc) is 3.11. The molecule has 28 heavy (non-hydrogen) atoms. The molecule has 0 aliphatic rings. The van der Waals surface area contributed by atoms with E-state index in [9.17, 15) is 9.59 Å². The maximum Gasteiger partial charge on any atom is 0.421 e. The molecule has 146 valence electrons. The van der Waals surface area contributed by atoms with Crippen molar-refractivity contribution in [2.75, 3.05) is 11.5 Å². The number of hydrogen-bond acceptors (Lipinski definition) is 6. The summed E-state index contributed by atoms with van der Waals surface area (Å²) >= 11 is 1.59. The Kier molecular flexibility index (Phi) is 6.26. The van der Waals surface area contributed by atoms with Gasteiger partial charge >= 0.3 is 6.09 Å². The van der Waals surface area contributed by atoms with E-state index in [1.165, 1.54) is 0 Å². The van der Waals surface area contributed by atoms with Crippen LogP contribution in [0.2, 0.25) is 0 Å². The van der Waals surface area contributed by atoms with Crippen molar-refractivity contribution in [2.24, 2.45) is 0 Å². The molecule has 0 saturated carbocycles. The smallest absolute Gasteiger partial charge is 0.421 e. The Bertz CT molecular complexity index is 966. The van der Waals surface area contributed by atoms with Gasteiger partial charge in [0.05, 0.1) is 22.5 Å². The predicted octanol–water partition coefficient (Wildman–Crippen LogP) is 5.08. The van der Waals surface area contributed by atoms with Crippen LogP contribution in [0, 0.1) is 6.92 Å². The van der Waals surface area contributed by atoms with E-state index in [1.807, 2.05) is 31.2 Å². The second-order valence-corrected chi connectivity index (χ2v) is 7.21. The summed E-state index contributed by atoms with van der Waals surface area (Å²) in [5.74, 6) is 0.331. The number of benzene rings is 2. The fourth-order valence-electron chi connectivity index (χ4n) is 2.78. The molecule has 6 nitrogen and oxygen atoms in total. The summed E-state index contributed by atoms with van der Waals surface area (Å²) in [7, 11) is 0. The van der Waals surface area contributed by atoms with Crippen LogP contribution in [-0.2, 0) is 16.1 Å². The van der Waals surface area contributed by atoms with Crippen LogP contribution in [0.4, 0.5) is 10.5 Å². The number of rotatable bonds is 6. The minimum Gasteiger partial charge on any atom is -0.486 e. The summed E-state index contributed by atoms with van der Waals surface area (Å²) in [5.41, 5.74) is 2.20. The zero-order chi connectivity index (χ0) is 20.1. The van der Waals surface area contributed by atoms with Crippen molar-refractivity contribution in [1.29, 1.82) is 0 Å². The zero-order valence-corrected chi connectivity index (χ0v) is 16.9. The minimum atomic E-state index is -0.666. The van der Waals surface area contributed by atoms with Crippen molar-refractivity contribution in [3.05, 3.63) is 53.0 Å². The molecular weight excluding hydrogens is 376 g/mol. The molecule has 2 aromatic carbocycles. The number of para-hydroxylation sites is 1. The highest BCUT2D eigenvalue weighted by atomic mass is 32.1. The first-order valence-corrected chi connectivity index (χ1v) is 9.92. The molecule has 0 spiro atoms. The summed E-state index contributed by atoms with van der Waals surface area (Å²) in [6.07, 6.45) is -0.464. The lowest BCUT2D eigenvalue weighted by atomic mass is 10.1. The van der Waals surface area contributed by atoms with Gasteiger partial charge in [-0.3, -0.25) is 4.79 Å². The number of imide groups is 1. The number of carbonyl (C=O) groups excluding carboxylic acids is 2. The van der Waals surface area contributed by atoms with Crippen molar-refractivity contribution in [3.63, 3.8) is 0 Å². The van der Waals surface area contributed by atoms with Crippen LogP contribution in [0.15, 0.2) is 42.5 Å². The van der Waals surface area contributed by atoms with Gasteiger partial charge in [0.15, 0.2) is 0 Å². The van der Waals surface area contributed by atoms with Crippen LogP contribution in [0.5, 0.6) is 5.75 Å². The number of nitrogens with zero attached hydrogens (tertiary/aromatic N) is 2. The van der Waals surface area contributed by atoms with Crippen molar-refractivity contribution in [3.8, 4) is 5.75 Å². The first-order chi connectivity index (χ1) is 13.5. The van der Waals surface area contributed by atoms with E-state index in [0.29, 0.717) is 18.0 Å². The lowest BCUT2D eigenvalue weighted by molar-refractivity contribution is -0.117. The summed E-state index contributed by atoms with van der Waals surface area (Å²) in [6, 6.07) is 13.2. The van der Waals surface area contributed by atoms with E-state index in [4.69, 9.17) is 9.47 Å². The maximum atomic E-state index is 12.2. The normalized spacial score (nSPS) is 10.7. The molecule has 1 aromatic heterocycles. The number of aromatic nitrogens is 1. The highest BCUT2D eigenvalue weighted by Crippen LogP contribution is 2.28. The Hall–Kier alpha value is -2.93. The van der Waals surface area contributed by atoms with Crippen LogP contribution in [0.3, 0.4) is 0 Å². The quantitative estimate of drug-likeness (QED) is 0.579. The van der Waals surface area contributed by atoms with Gasteiger partial charge in [-0.25, -0.2) is 14.7 Å². The molecule has 7 heteroatoms. The largest absolute Gasteiger partial charge is 0.486 e. The number of fused-ring (bicyclic) bond motifs is 1. The second kappa shape index (κ2) is 8.84. The third kappa shape index (κ3) is 4.31. The number of amides is 2. The molecule has 0 saturated heterocycles. The molecule has 0 bridgehead atoms. The Morgan fingerprint density at radius 3 is 2.61 bits per heavy atom. The highest BCUT2D eigenvalue weighted by Gasteiger charge is 2.25. The van der Waals surface area contributed by atoms with Crippen LogP contribution in [-0.4, -0.2) is 23.6 Å². The summed E-state index contributed by atoms with van der Waals surface area (Å²) < 4.78 is 12.0. The minimum absolute atomic E-state index is 0.202. The lowest BCUT2D eigenvalue weighted by Crippen LogP contribution is -2.37. The van der Waals surface area contributed by atoms with E-state index in [2.05, 4.69) is 4.98 Å². The fourth-order valence-corrected chi connectivity index (χ4v) is 3.66. The second-order valence-electron chi connectivity index (χ2n) is 6.09. The van der Waals surface area contributed by atoms with Gasteiger partial charge in [0, 0.05) is 6.42 Å². The molecule has 3 aromatic rings. The van der Waals surface area contributed by atoms with Crippen LogP contribution in [0.1, 0.15) is 30.8 Å². The molecule has 1 heterocycles. The molecule has 0 fully saturated rings. The molecule has 0 aliphatic heterocycles. The van der Waals surface area contributed by atoms with Gasteiger partial charge in [-0.15, -0.1) is 11.3 Å². The SMILES string of the molecule is CCOC(=O)N(C(=O)CC)c1ccc(OCc2nc3ccccc3s2)cc1C. The molecule has 2 amide bonds. The number of aryl methyl sites for hydroxylation is 1. The third-order valence-electron chi connectivity index (χ3n) is 4.11. The van der Waals surface area contributed by atoms with Gasteiger partial charge < -0.3 is 9.47 Å². The molecule has 0 aliphatic carbocycles. The van der Waals surface area contributed by atoms with E-state index < -0.39 is 6.09 Å². The summed E-state index contributed by atoms with van der Waals surface area (Å²) in [6.45, 7) is 5.80. The van der Waals surface area contributed by atoms with E-state index >= 15 is 0 Å². The predicted molar refractivity (Wildman–Crippen MR) is 110 cm³/mol. The van der Waals surface area contributed by atoms with E-state index in [0.717, 1.165) is 25.7 Å². The first-order valence-electron chi connectivity index (χ1n) is 9.11. The van der Waals surface area contributed by atoms with Crippen molar-refractivity contribution in [2.45, 2.75) is 33.8 Å². The monoisotopic (exact) mass is 398 g/mol. The zero-order valence-electron chi connectivity index (χ0n) is 16.1. The van der Waals surface area contributed by atoms with Gasteiger partial charge in [-0.2, -0.15) is 0 Å². The Morgan fingerprint density at radius 1 is 1.14 bits per heavy atom. The maximum absolute atomic E-state index is 12.2. The van der Waals surface area contributed by atoms with Gasteiger partial charge in [-0.1, -0.05) is 19.1 Å². The van der Waals surface area contributed by atoms with Gasteiger partial charge in [0.1, 0.15) is 17.4 Å². The number of thiazole rings is 1. The Balaban J connectivity index is 1.76. The highest BCUT2D eigenvalue weighted by molar-refractivity contribution is 7.18. The number of anilines is 1. The molecule has 0 radical (unpaired) electrons. The van der Waals surface area contributed by atoms with Crippen molar-refractivity contribution >= 4 is 39.2 Å². The molecule has 3 rings (SSSR count). The van der Waals surface area contributed by atoms with E-state index in [1.54, 1.807) is 43.4 Å². The van der Waals surface area contributed by atoms with Gasteiger partial charge in [0.25, 0.3) is 0 Å². The van der Waals surface area contributed by atoms with Crippen molar-refractivity contribution in [1.82, 2.24) is 4.98 Å². The molecule has 0 N–H and O–H groups in total. The fraction of sp³-hybridized carbons (Fsp3) is 0.286. The molecule has 0 unspecified atom stereocenters. The molecule has 0 atom stereocenters. The number of ether oxygens (including phenoxy) is 2. The number of carbonyl (C=O) groups is 2. The Labute approximate surface area is 167 Å². The standard InChI is InChI=1S/C21H22N2O4S/c1-4-20(24)23(21(25)26-5-2)17-11-10-15(12-14(17)3)27-13-19-22-16-8-6-7-9-18(16)28-19/h6-12H,4-5,13H2,1-3H3. The van der Waals surface area contributed by atoms with Crippen LogP contribution >= 0.6 is 11.3 Å². The van der Waals surface area contributed by atoms with Gasteiger partial charge in [-0.05, 0) is 49.7 Å². The van der Waals surface area contributed by atoms with Gasteiger partial charge in [0.2, 0.25) is 5.91 Å². The summed E-state index contributed by atoms with van der Waals surface area (Å²) in [5, 5.41) is 0.886.